The summed E-state index contributed by atoms with van der Waals surface area (Å²) in [5, 5.41) is 0. The van der Waals surface area contributed by atoms with Gasteiger partial charge in [-0.1, -0.05) is 0 Å². The van der Waals surface area contributed by atoms with E-state index >= 15 is 0 Å². The van der Waals surface area contributed by atoms with Crippen LogP contribution < -0.4 is 4.74 Å². The Bertz CT molecular complexity index is 557. The van der Waals surface area contributed by atoms with Gasteiger partial charge in [-0.05, 0) is 56.6 Å². The highest BCUT2D eigenvalue weighted by Gasteiger charge is 2.36. The molecule has 0 aliphatic carbocycles. The summed E-state index contributed by atoms with van der Waals surface area (Å²) in [6.07, 6.45) is 0.428. The number of carbonyl (C=O) groups is 1. The maximum absolute atomic E-state index is 12.2. The van der Waals surface area contributed by atoms with E-state index in [4.69, 9.17) is 9.47 Å². The monoisotopic (exact) mass is 370 g/mol. The van der Waals surface area contributed by atoms with Crippen molar-refractivity contribution in [3.8, 4) is 5.88 Å². The molecule has 1 aromatic rings. The van der Waals surface area contributed by atoms with Crippen LogP contribution in [0.4, 0.5) is 4.79 Å². The van der Waals surface area contributed by atoms with Gasteiger partial charge < -0.3 is 14.4 Å². The third kappa shape index (κ3) is 4.35. The summed E-state index contributed by atoms with van der Waals surface area (Å²) in [6.45, 7) is 10.1. The summed E-state index contributed by atoms with van der Waals surface area (Å²) >= 11 is 3.42. The van der Waals surface area contributed by atoms with Crippen molar-refractivity contribution in [1.29, 1.82) is 0 Å². The van der Waals surface area contributed by atoms with Crippen LogP contribution >= 0.6 is 15.9 Å². The lowest BCUT2D eigenvalue weighted by molar-refractivity contribution is 0.0223. The lowest BCUT2D eigenvalue weighted by Crippen LogP contribution is -2.39. The van der Waals surface area contributed by atoms with Gasteiger partial charge in [0.15, 0.2) is 0 Å². The van der Waals surface area contributed by atoms with Gasteiger partial charge in [-0.15, -0.1) is 0 Å². The second-order valence-electron chi connectivity index (χ2n) is 6.67. The van der Waals surface area contributed by atoms with Crippen LogP contribution in [0.1, 0.15) is 39.8 Å². The Morgan fingerprint density at radius 1 is 1.41 bits per heavy atom. The number of hydrogen-bond acceptors (Lipinski definition) is 4. The summed E-state index contributed by atoms with van der Waals surface area (Å²) in [6, 6.07) is 3.84. The molecule has 1 saturated heterocycles. The zero-order valence-corrected chi connectivity index (χ0v) is 15.3. The first-order valence-corrected chi connectivity index (χ1v) is 8.24. The van der Waals surface area contributed by atoms with Crippen LogP contribution in [0, 0.1) is 6.92 Å². The Balaban J connectivity index is 1.98. The number of aromatic nitrogens is 1. The van der Waals surface area contributed by atoms with Crippen LogP contribution in [0.3, 0.4) is 0 Å². The van der Waals surface area contributed by atoms with Crippen molar-refractivity contribution in [2.75, 3.05) is 6.54 Å². The highest BCUT2D eigenvalue weighted by atomic mass is 79.9. The third-order valence-corrected chi connectivity index (χ3v) is 4.29. The van der Waals surface area contributed by atoms with Gasteiger partial charge in [0.1, 0.15) is 11.7 Å². The smallest absolute Gasteiger partial charge is 0.410 e. The van der Waals surface area contributed by atoms with Gasteiger partial charge >= 0.3 is 6.09 Å². The Morgan fingerprint density at radius 2 is 2.09 bits per heavy atom. The molecule has 0 spiro atoms. The molecule has 0 N–H and O–H groups in total. The summed E-state index contributed by atoms with van der Waals surface area (Å²) in [5.74, 6) is 0.587. The molecule has 1 fully saturated rings. The van der Waals surface area contributed by atoms with Crippen LogP contribution in [-0.4, -0.2) is 40.3 Å². The van der Waals surface area contributed by atoms with E-state index in [0.29, 0.717) is 12.4 Å². The minimum atomic E-state index is -0.486. The molecule has 0 aromatic carbocycles. The molecule has 1 amide bonds. The second kappa shape index (κ2) is 6.44. The molecule has 2 rings (SSSR count). The SMILES string of the molecule is Cc1nc(O[C@@H]2C[C@H](C)N(C(=O)OC(C)(C)C)C2)ccc1Br. The average Bonchev–Trinajstić information content (AvgIpc) is 2.73. The predicted octanol–water partition coefficient (Wildman–Crippen LogP) is 3.93. The predicted molar refractivity (Wildman–Crippen MR) is 88.1 cm³/mol. The van der Waals surface area contributed by atoms with E-state index in [0.717, 1.165) is 16.6 Å². The fraction of sp³-hybridized carbons (Fsp3) is 0.625. The quantitative estimate of drug-likeness (QED) is 0.791. The zero-order valence-electron chi connectivity index (χ0n) is 13.7. The Hall–Kier alpha value is -1.30. The Morgan fingerprint density at radius 3 is 2.68 bits per heavy atom. The van der Waals surface area contributed by atoms with Crippen molar-refractivity contribution in [2.24, 2.45) is 0 Å². The van der Waals surface area contributed by atoms with E-state index in [1.807, 2.05) is 46.8 Å². The fourth-order valence-corrected chi connectivity index (χ4v) is 2.62. The number of aryl methyl sites for hydroxylation is 1. The second-order valence-corrected chi connectivity index (χ2v) is 7.53. The number of rotatable bonds is 2. The number of nitrogens with zero attached hydrogens (tertiary/aromatic N) is 2. The topological polar surface area (TPSA) is 51.7 Å². The minimum Gasteiger partial charge on any atom is -0.472 e. The molecular weight excluding hydrogens is 348 g/mol. The van der Waals surface area contributed by atoms with Gasteiger partial charge in [0.05, 0.1) is 12.2 Å². The van der Waals surface area contributed by atoms with E-state index < -0.39 is 5.60 Å². The van der Waals surface area contributed by atoms with Gasteiger partial charge in [0, 0.05) is 23.0 Å². The Kier molecular flexibility index (Phi) is 5.00. The first-order valence-electron chi connectivity index (χ1n) is 7.45. The number of carbonyl (C=O) groups excluding carboxylic acids is 1. The molecule has 6 heteroatoms. The van der Waals surface area contributed by atoms with Crippen LogP contribution in [0.5, 0.6) is 5.88 Å². The van der Waals surface area contributed by atoms with Crippen LogP contribution in [0.15, 0.2) is 16.6 Å². The van der Waals surface area contributed by atoms with Gasteiger partial charge in [-0.3, -0.25) is 0 Å². The van der Waals surface area contributed by atoms with Crippen molar-refractivity contribution in [3.63, 3.8) is 0 Å². The summed E-state index contributed by atoms with van der Waals surface area (Å²) in [4.78, 5) is 18.3. The largest absolute Gasteiger partial charge is 0.472 e. The first-order chi connectivity index (χ1) is 10.2. The third-order valence-electron chi connectivity index (χ3n) is 3.45. The maximum atomic E-state index is 12.2. The minimum absolute atomic E-state index is 0.0596. The van der Waals surface area contributed by atoms with Crippen molar-refractivity contribution in [3.05, 3.63) is 22.3 Å². The lowest BCUT2D eigenvalue weighted by Gasteiger charge is -2.26. The maximum Gasteiger partial charge on any atom is 0.410 e. The average molecular weight is 371 g/mol. The normalized spacial score (nSPS) is 21.8. The van der Waals surface area contributed by atoms with Gasteiger partial charge in [0.25, 0.3) is 0 Å². The number of amides is 1. The Labute approximate surface area is 140 Å². The van der Waals surface area contributed by atoms with E-state index in [2.05, 4.69) is 20.9 Å². The molecule has 0 saturated carbocycles. The lowest BCUT2D eigenvalue weighted by atomic mass is 10.2. The number of ether oxygens (including phenoxy) is 2. The fourth-order valence-electron chi connectivity index (χ4n) is 2.40. The molecule has 122 valence electrons. The molecule has 22 heavy (non-hydrogen) atoms. The van der Waals surface area contributed by atoms with Crippen molar-refractivity contribution < 1.29 is 14.3 Å². The molecule has 1 aliphatic rings. The number of halogens is 1. The van der Waals surface area contributed by atoms with Crippen LogP contribution in [-0.2, 0) is 4.74 Å². The van der Waals surface area contributed by atoms with Crippen LogP contribution in [0.2, 0.25) is 0 Å². The standard InChI is InChI=1S/C16H23BrN2O3/c1-10-8-12(9-19(10)15(20)22-16(3,4)5)21-14-7-6-13(17)11(2)18-14/h6-7,10,12H,8-9H2,1-5H3/t10-,12+/m0/s1. The first kappa shape index (κ1) is 17.1. The number of likely N-dealkylation sites (tertiary alicyclic amines) is 1. The molecule has 0 bridgehead atoms. The van der Waals surface area contributed by atoms with Gasteiger partial charge in [0.2, 0.25) is 5.88 Å². The molecule has 0 radical (unpaired) electrons. The zero-order chi connectivity index (χ0) is 16.5. The van der Waals surface area contributed by atoms with E-state index in [9.17, 15) is 4.79 Å². The molecule has 1 aliphatic heterocycles. The van der Waals surface area contributed by atoms with E-state index in [1.165, 1.54) is 0 Å². The van der Waals surface area contributed by atoms with E-state index in [1.54, 1.807) is 4.90 Å². The summed E-state index contributed by atoms with van der Waals surface area (Å²) in [5.41, 5.74) is 0.396. The van der Waals surface area contributed by atoms with Crippen molar-refractivity contribution in [2.45, 2.75) is 58.8 Å². The number of pyridine rings is 1. The molecule has 5 nitrogen and oxygen atoms in total. The van der Waals surface area contributed by atoms with Gasteiger partial charge in [-0.25, -0.2) is 9.78 Å². The molecule has 1 aromatic heterocycles. The highest BCUT2D eigenvalue weighted by molar-refractivity contribution is 9.10. The molecule has 0 unspecified atom stereocenters. The summed E-state index contributed by atoms with van der Waals surface area (Å²) < 4.78 is 12.3. The highest BCUT2D eigenvalue weighted by Crippen LogP contribution is 2.25. The molecule has 2 heterocycles. The van der Waals surface area contributed by atoms with Gasteiger partial charge in [-0.2, -0.15) is 0 Å². The van der Waals surface area contributed by atoms with Crippen LogP contribution in [0.25, 0.3) is 0 Å². The van der Waals surface area contributed by atoms with Crippen molar-refractivity contribution in [1.82, 2.24) is 9.88 Å². The molecular formula is C16H23BrN2O3. The number of hydrogen-bond donors (Lipinski definition) is 0. The molecule has 2 atom stereocenters. The van der Waals surface area contributed by atoms with E-state index in [-0.39, 0.29) is 18.2 Å². The summed E-state index contributed by atoms with van der Waals surface area (Å²) in [7, 11) is 0. The van der Waals surface area contributed by atoms with Crippen molar-refractivity contribution >= 4 is 22.0 Å².